The third kappa shape index (κ3) is 9.53. The zero-order chi connectivity index (χ0) is 34.6. The summed E-state index contributed by atoms with van der Waals surface area (Å²) < 4.78 is 9.26. The lowest BCUT2D eigenvalue weighted by atomic mass is 10.2. The summed E-state index contributed by atoms with van der Waals surface area (Å²) in [4.78, 5) is 36.6. The number of carboxylic acids is 1. The fourth-order valence-corrected chi connectivity index (χ4v) is 9.15. The Morgan fingerprint density at radius 3 is 2.43 bits per heavy atom. The first-order chi connectivity index (χ1) is 22.0. The van der Waals surface area contributed by atoms with Crippen LogP contribution in [0.5, 0.6) is 0 Å². The molecule has 0 saturated heterocycles. The molecule has 10 nitrogen and oxygen atoms in total. The Labute approximate surface area is 287 Å². The van der Waals surface area contributed by atoms with E-state index in [0.717, 1.165) is 56.8 Å². The van der Waals surface area contributed by atoms with Gasteiger partial charge in [-0.2, -0.15) is 4.99 Å². The van der Waals surface area contributed by atoms with Crippen LogP contribution in [-0.2, 0) is 16.3 Å². The van der Waals surface area contributed by atoms with Gasteiger partial charge < -0.3 is 9.84 Å². The molecule has 14 heteroatoms. The van der Waals surface area contributed by atoms with Crippen molar-refractivity contribution < 1.29 is 19.4 Å². The molecule has 0 aliphatic heterocycles. The number of para-hydroxylation sites is 1. The Balaban J connectivity index is 1.62. The van der Waals surface area contributed by atoms with Gasteiger partial charge in [0.1, 0.15) is 6.73 Å². The van der Waals surface area contributed by atoms with Gasteiger partial charge in [-0.05, 0) is 48.2 Å². The number of aromatic carboxylic acids is 1. The maximum atomic E-state index is 13.7. The molecule has 0 bridgehead atoms. The molecule has 0 fully saturated rings. The lowest BCUT2D eigenvalue weighted by Crippen LogP contribution is -2.36. The summed E-state index contributed by atoms with van der Waals surface area (Å²) in [6.45, 7) is 21.7. The van der Waals surface area contributed by atoms with Crippen molar-refractivity contribution in [3.63, 3.8) is 0 Å². The Kier molecular flexibility index (Phi) is 11.8. The Morgan fingerprint density at radius 1 is 1.06 bits per heavy atom. The van der Waals surface area contributed by atoms with Crippen LogP contribution in [-0.4, -0.2) is 59.5 Å². The average Bonchev–Trinajstić information content (AvgIpc) is 3.59. The standard InChI is InChI=1S/C33H48N6O4S2Si2/c1-23-20-27(39(32-34-24(21-44-32)30(41)42)28(40)16-12-13-18-47(8,9)33(2,3)4)36-37-29(23)35-31-38(22-43-17-19-46(5,6)7)25-14-10-11-15-26(25)45-31/h10-11,14-15,20-21H,12-13,16-19,22H2,1-9H3,(H,41,42)/b35-31-. The number of hydrogen-bond acceptors (Lipinski definition) is 9. The van der Waals surface area contributed by atoms with E-state index in [1.54, 1.807) is 17.4 Å². The van der Waals surface area contributed by atoms with Gasteiger partial charge in [-0.1, -0.05) is 89.4 Å². The number of aromatic nitrogens is 4. The van der Waals surface area contributed by atoms with E-state index < -0.39 is 22.1 Å². The van der Waals surface area contributed by atoms with Crippen LogP contribution in [0.15, 0.2) is 40.7 Å². The van der Waals surface area contributed by atoms with Crippen LogP contribution < -0.4 is 9.70 Å². The quantitative estimate of drug-likeness (QED) is 0.102. The molecule has 0 radical (unpaired) electrons. The van der Waals surface area contributed by atoms with E-state index in [1.165, 1.54) is 10.3 Å². The van der Waals surface area contributed by atoms with Crippen molar-refractivity contribution in [1.82, 2.24) is 19.7 Å². The minimum atomic E-state index is -1.46. The normalized spacial score (nSPS) is 13.0. The van der Waals surface area contributed by atoms with Crippen LogP contribution >= 0.6 is 22.7 Å². The smallest absolute Gasteiger partial charge is 0.355 e. The largest absolute Gasteiger partial charge is 0.476 e. The molecule has 47 heavy (non-hydrogen) atoms. The minimum Gasteiger partial charge on any atom is -0.476 e. The molecule has 1 amide bonds. The maximum Gasteiger partial charge on any atom is 0.355 e. The minimum absolute atomic E-state index is 0.113. The number of amides is 1. The molecular weight excluding hydrogens is 665 g/mol. The van der Waals surface area contributed by atoms with E-state index in [1.807, 2.05) is 19.1 Å². The SMILES string of the molecule is Cc1cc(N(C(=O)CCCC[Si](C)(C)C(C)(C)C)c2nc(C(=O)O)cs2)nnc1/N=c1\sc2ccccc2n1COCC[Si](C)(C)C. The van der Waals surface area contributed by atoms with Crippen LogP contribution in [0.25, 0.3) is 10.2 Å². The number of carboxylic acid groups (broad SMARTS) is 1. The highest BCUT2D eigenvalue weighted by Crippen LogP contribution is 2.40. The first-order valence-corrected chi connectivity index (χ1v) is 24.6. The number of thiazole rings is 2. The second-order valence-electron chi connectivity index (χ2n) is 14.8. The summed E-state index contributed by atoms with van der Waals surface area (Å²) in [5, 5.41) is 20.4. The third-order valence-electron chi connectivity index (χ3n) is 8.81. The summed E-state index contributed by atoms with van der Waals surface area (Å²) in [5.41, 5.74) is 1.65. The van der Waals surface area contributed by atoms with Gasteiger partial charge in [-0.25, -0.2) is 14.7 Å². The number of carbonyl (C=O) groups excluding carboxylic acids is 1. The summed E-state index contributed by atoms with van der Waals surface area (Å²) >= 11 is 2.65. The van der Waals surface area contributed by atoms with E-state index in [2.05, 4.69) is 85.4 Å². The van der Waals surface area contributed by atoms with Crippen molar-refractivity contribution >= 4 is 77.7 Å². The summed E-state index contributed by atoms with van der Waals surface area (Å²) in [6, 6.07) is 12.1. The Hall–Kier alpha value is -3.05. The van der Waals surface area contributed by atoms with Gasteiger partial charge >= 0.3 is 5.97 Å². The molecule has 1 N–H and O–H groups in total. The number of fused-ring (bicyclic) bond motifs is 1. The number of aryl methyl sites for hydroxylation is 1. The topological polar surface area (TPSA) is 123 Å². The lowest BCUT2D eigenvalue weighted by molar-refractivity contribution is -0.118. The Morgan fingerprint density at radius 2 is 1.79 bits per heavy atom. The highest BCUT2D eigenvalue weighted by Gasteiger charge is 2.34. The highest BCUT2D eigenvalue weighted by atomic mass is 32.1. The van der Waals surface area contributed by atoms with E-state index >= 15 is 0 Å². The van der Waals surface area contributed by atoms with Crippen LogP contribution in [0.1, 0.15) is 56.1 Å². The lowest BCUT2D eigenvalue weighted by Gasteiger charge is -2.37. The van der Waals surface area contributed by atoms with Crippen molar-refractivity contribution in [1.29, 1.82) is 0 Å². The van der Waals surface area contributed by atoms with E-state index in [9.17, 15) is 14.7 Å². The molecule has 254 valence electrons. The fraction of sp³-hybridized carbons (Fsp3) is 0.515. The van der Waals surface area contributed by atoms with Gasteiger partial charge in [0.2, 0.25) is 5.91 Å². The molecule has 0 aliphatic carbocycles. The molecule has 0 atom stereocenters. The molecular formula is C33H48N6O4S2Si2. The predicted molar refractivity (Wildman–Crippen MR) is 198 cm³/mol. The van der Waals surface area contributed by atoms with E-state index in [4.69, 9.17) is 9.73 Å². The first kappa shape index (κ1) is 36.8. The number of anilines is 2. The van der Waals surface area contributed by atoms with Crippen molar-refractivity contribution in [3.8, 4) is 0 Å². The number of nitrogens with zero attached hydrogens (tertiary/aromatic N) is 6. The van der Waals surface area contributed by atoms with Gasteiger partial charge in [0.15, 0.2) is 27.3 Å². The number of rotatable bonds is 14. The molecule has 4 aromatic rings. The summed E-state index contributed by atoms with van der Waals surface area (Å²) in [7, 11) is -2.68. The first-order valence-electron chi connectivity index (χ1n) is 16.0. The fourth-order valence-electron chi connectivity index (χ4n) is 4.67. The highest BCUT2D eigenvalue weighted by molar-refractivity contribution is 7.16. The molecule has 4 rings (SSSR count). The Bertz CT molecular complexity index is 1790. The van der Waals surface area contributed by atoms with E-state index in [0.29, 0.717) is 31.4 Å². The zero-order valence-corrected chi connectivity index (χ0v) is 32.7. The van der Waals surface area contributed by atoms with Crippen molar-refractivity contribution in [2.24, 2.45) is 4.99 Å². The number of benzene rings is 1. The van der Waals surface area contributed by atoms with Crippen LogP contribution in [0.4, 0.5) is 16.8 Å². The molecule has 0 saturated carbocycles. The van der Waals surface area contributed by atoms with E-state index in [-0.39, 0.29) is 21.8 Å². The number of unbranched alkanes of at least 4 members (excludes halogenated alkanes) is 1. The molecule has 0 unspecified atom stereocenters. The van der Waals surface area contributed by atoms with Gasteiger partial charge in [0.25, 0.3) is 0 Å². The second-order valence-corrected chi connectivity index (χ2v) is 28.1. The number of carbonyl (C=O) groups is 2. The van der Waals surface area contributed by atoms with Crippen LogP contribution in [0.3, 0.4) is 0 Å². The third-order valence-corrected chi connectivity index (χ3v) is 18.1. The summed E-state index contributed by atoms with van der Waals surface area (Å²) in [6.07, 6.45) is 1.97. The monoisotopic (exact) mass is 712 g/mol. The molecule has 3 aromatic heterocycles. The average molecular weight is 713 g/mol. The summed E-state index contributed by atoms with van der Waals surface area (Å²) in [5.74, 6) is -0.612. The molecule has 0 aliphatic rings. The number of hydrogen-bond donors (Lipinski definition) is 1. The van der Waals surface area contributed by atoms with Gasteiger partial charge in [-0.15, -0.1) is 21.5 Å². The van der Waals surface area contributed by atoms with Crippen molar-refractivity contribution in [3.05, 3.63) is 51.8 Å². The second kappa shape index (κ2) is 15.0. The van der Waals surface area contributed by atoms with Crippen molar-refractivity contribution in [2.75, 3.05) is 11.5 Å². The molecule has 3 heterocycles. The number of ether oxygens (including phenoxy) is 1. The predicted octanol–water partition coefficient (Wildman–Crippen LogP) is 8.84. The maximum absolute atomic E-state index is 13.7. The van der Waals surface area contributed by atoms with Crippen LogP contribution in [0, 0.1) is 6.92 Å². The van der Waals surface area contributed by atoms with Crippen LogP contribution in [0.2, 0.25) is 49.9 Å². The van der Waals surface area contributed by atoms with Gasteiger partial charge in [-0.3, -0.25) is 9.36 Å². The van der Waals surface area contributed by atoms with Gasteiger partial charge in [0, 0.05) is 26.5 Å². The van der Waals surface area contributed by atoms with Gasteiger partial charge in [0.05, 0.1) is 18.3 Å². The molecule has 0 spiro atoms. The zero-order valence-electron chi connectivity index (χ0n) is 29.1. The molecule has 1 aromatic carbocycles. The van der Waals surface area contributed by atoms with Crippen molar-refractivity contribution in [2.45, 2.75) is 104 Å².